The average Bonchev–Trinajstić information content (AvgIpc) is 2.62. The molecule has 0 fully saturated rings. The first kappa shape index (κ1) is 18.7. The zero-order chi connectivity index (χ0) is 19.1. The predicted molar refractivity (Wildman–Crippen MR) is 97.6 cm³/mol. The number of carbonyl (C=O) groups is 2. The molecule has 6 heteroatoms. The van der Waals surface area contributed by atoms with Gasteiger partial charge in [0.05, 0.1) is 0 Å². The molecule has 2 aromatic rings. The van der Waals surface area contributed by atoms with Crippen molar-refractivity contribution in [3.63, 3.8) is 0 Å². The van der Waals surface area contributed by atoms with Crippen LogP contribution in [0.15, 0.2) is 54.1 Å². The van der Waals surface area contributed by atoms with E-state index in [2.05, 4.69) is 5.32 Å². The first-order valence-electron chi connectivity index (χ1n) is 7.88. The monoisotopic (exact) mass is 350 g/mol. The van der Waals surface area contributed by atoms with Gasteiger partial charge in [0.15, 0.2) is 6.10 Å². The second-order valence-electron chi connectivity index (χ2n) is 5.66. The number of aryl methyl sites for hydroxylation is 1. The summed E-state index contributed by atoms with van der Waals surface area (Å²) in [6, 6.07) is 15.6. The van der Waals surface area contributed by atoms with E-state index in [1.165, 1.54) is 13.0 Å². The molecule has 2 N–H and O–H groups in total. The smallest absolute Gasteiger partial charge is 0.344 e. The Labute approximate surface area is 151 Å². The van der Waals surface area contributed by atoms with Crippen molar-refractivity contribution in [3.05, 3.63) is 65.2 Å². The Bertz CT molecular complexity index is 862. The Morgan fingerprint density at radius 2 is 1.77 bits per heavy atom. The van der Waals surface area contributed by atoms with Crippen LogP contribution in [0.2, 0.25) is 0 Å². The highest BCUT2D eigenvalue weighted by Gasteiger charge is 2.12. The minimum absolute atomic E-state index is 0.0434. The molecule has 26 heavy (non-hydrogen) atoms. The number of nitriles is 1. The molecule has 0 aliphatic rings. The lowest BCUT2D eigenvalue weighted by Crippen LogP contribution is -2.22. The predicted octanol–water partition coefficient (Wildman–Crippen LogP) is 3.39. The molecule has 0 aliphatic carbocycles. The molecule has 0 aliphatic heterocycles. The number of anilines is 1. The maximum Gasteiger partial charge on any atom is 0.344 e. The van der Waals surface area contributed by atoms with E-state index in [0.29, 0.717) is 17.0 Å². The number of aliphatic carboxylic acids is 1. The van der Waals surface area contributed by atoms with Gasteiger partial charge < -0.3 is 15.2 Å². The summed E-state index contributed by atoms with van der Waals surface area (Å²) >= 11 is 0. The molecule has 132 valence electrons. The molecule has 6 nitrogen and oxygen atoms in total. The number of carbonyl (C=O) groups excluding carboxylic acids is 1. The van der Waals surface area contributed by atoms with Gasteiger partial charge in [0.2, 0.25) is 0 Å². The summed E-state index contributed by atoms with van der Waals surface area (Å²) in [5, 5.41) is 20.7. The molecule has 0 radical (unpaired) electrons. The first-order valence-corrected chi connectivity index (χ1v) is 7.88. The van der Waals surface area contributed by atoms with Crippen LogP contribution in [-0.4, -0.2) is 23.1 Å². The van der Waals surface area contributed by atoms with E-state index in [9.17, 15) is 14.9 Å². The molecule has 1 amide bonds. The lowest BCUT2D eigenvalue weighted by Gasteiger charge is -2.10. The SMILES string of the molecule is Cc1ccc(NC(=O)/C(C#N)=C\c2ccc(O[C@H](C)C(=O)O)cc2)cc1. The van der Waals surface area contributed by atoms with Crippen LogP contribution in [0.4, 0.5) is 5.69 Å². The maximum absolute atomic E-state index is 12.2. The van der Waals surface area contributed by atoms with Crippen molar-refractivity contribution in [1.82, 2.24) is 0 Å². The van der Waals surface area contributed by atoms with Gasteiger partial charge in [-0.05, 0) is 49.8 Å². The summed E-state index contributed by atoms with van der Waals surface area (Å²) in [6.45, 7) is 3.37. The Morgan fingerprint density at radius 1 is 1.15 bits per heavy atom. The van der Waals surface area contributed by atoms with Crippen LogP contribution in [0.25, 0.3) is 6.08 Å². The number of rotatable bonds is 6. The fourth-order valence-corrected chi connectivity index (χ4v) is 2.05. The molecular formula is C20H18N2O4. The molecule has 0 spiro atoms. The Morgan fingerprint density at radius 3 is 2.31 bits per heavy atom. The highest BCUT2D eigenvalue weighted by Crippen LogP contribution is 2.17. The van der Waals surface area contributed by atoms with Crippen molar-refractivity contribution >= 4 is 23.6 Å². The molecule has 0 saturated carbocycles. The van der Waals surface area contributed by atoms with Crippen molar-refractivity contribution in [1.29, 1.82) is 5.26 Å². The minimum atomic E-state index is -1.06. The zero-order valence-electron chi connectivity index (χ0n) is 14.4. The third-order valence-electron chi connectivity index (χ3n) is 3.53. The standard InChI is InChI=1S/C20H18N2O4/c1-13-3-7-17(8-4-13)22-19(23)16(12-21)11-15-5-9-18(10-6-15)26-14(2)20(24)25/h3-11,14H,1-2H3,(H,22,23)(H,24,25)/b16-11-/t14-/m1/s1. The number of nitrogens with zero attached hydrogens (tertiary/aromatic N) is 1. The van der Waals surface area contributed by atoms with Crippen LogP contribution in [0.5, 0.6) is 5.75 Å². The fraction of sp³-hybridized carbons (Fsp3) is 0.150. The highest BCUT2D eigenvalue weighted by molar-refractivity contribution is 6.09. The van der Waals surface area contributed by atoms with Crippen molar-refractivity contribution < 1.29 is 19.4 Å². The summed E-state index contributed by atoms with van der Waals surface area (Å²) in [4.78, 5) is 23.0. The molecule has 0 bridgehead atoms. The van der Waals surface area contributed by atoms with Crippen LogP contribution in [-0.2, 0) is 9.59 Å². The van der Waals surface area contributed by atoms with Gasteiger partial charge in [-0.25, -0.2) is 4.79 Å². The number of ether oxygens (including phenoxy) is 1. The van der Waals surface area contributed by atoms with Gasteiger partial charge in [-0.1, -0.05) is 29.8 Å². The van der Waals surface area contributed by atoms with E-state index in [4.69, 9.17) is 9.84 Å². The topological polar surface area (TPSA) is 99.4 Å². The summed E-state index contributed by atoms with van der Waals surface area (Å²) in [5.41, 5.74) is 2.25. The average molecular weight is 350 g/mol. The number of hydrogen-bond donors (Lipinski definition) is 2. The van der Waals surface area contributed by atoms with Crippen LogP contribution < -0.4 is 10.1 Å². The molecule has 0 saturated heterocycles. The van der Waals surface area contributed by atoms with Gasteiger partial charge in [0.1, 0.15) is 17.4 Å². The zero-order valence-corrected chi connectivity index (χ0v) is 14.4. The summed E-state index contributed by atoms with van der Waals surface area (Å²) in [5.74, 6) is -1.18. The number of nitrogens with one attached hydrogen (secondary N) is 1. The second kappa shape index (κ2) is 8.49. The third-order valence-corrected chi connectivity index (χ3v) is 3.53. The third kappa shape index (κ3) is 5.21. The number of amides is 1. The van der Waals surface area contributed by atoms with Crippen molar-refractivity contribution in [2.24, 2.45) is 0 Å². The molecular weight excluding hydrogens is 332 g/mol. The van der Waals surface area contributed by atoms with E-state index in [1.807, 2.05) is 25.1 Å². The number of hydrogen-bond acceptors (Lipinski definition) is 4. The normalized spacial score (nSPS) is 12.0. The highest BCUT2D eigenvalue weighted by atomic mass is 16.5. The first-order chi connectivity index (χ1) is 12.4. The summed E-state index contributed by atoms with van der Waals surface area (Å²) in [7, 11) is 0. The maximum atomic E-state index is 12.2. The molecule has 0 unspecified atom stereocenters. The van der Waals surface area contributed by atoms with E-state index < -0.39 is 18.0 Å². The quantitative estimate of drug-likeness (QED) is 0.614. The summed E-state index contributed by atoms with van der Waals surface area (Å²) in [6.07, 6.45) is 0.486. The van der Waals surface area contributed by atoms with E-state index in [1.54, 1.807) is 36.4 Å². The fourth-order valence-electron chi connectivity index (χ4n) is 2.05. The van der Waals surface area contributed by atoms with Gasteiger partial charge in [-0.3, -0.25) is 4.79 Å². The van der Waals surface area contributed by atoms with Gasteiger partial charge in [-0.2, -0.15) is 5.26 Å². The molecule has 2 aromatic carbocycles. The number of benzene rings is 2. The molecule has 0 aromatic heterocycles. The Hall–Kier alpha value is -3.59. The van der Waals surface area contributed by atoms with Crippen LogP contribution >= 0.6 is 0 Å². The van der Waals surface area contributed by atoms with Crippen LogP contribution in [0, 0.1) is 18.3 Å². The van der Waals surface area contributed by atoms with Gasteiger partial charge >= 0.3 is 5.97 Å². The van der Waals surface area contributed by atoms with Crippen LogP contribution in [0.1, 0.15) is 18.1 Å². The molecule has 0 heterocycles. The van der Waals surface area contributed by atoms with E-state index in [-0.39, 0.29) is 5.57 Å². The Balaban J connectivity index is 2.10. The second-order valence-corrected chi connectivity index (χ2v) is 5.66. The largest absolute Gasteiger partial charge is 0.479 e. The number of carboxylic acid groups (broad SMARTS) is 1. The van der Waals surface area contributed by atoms with Crippen molar-refractivity contribution in [2.45, 2.75) is 20.0 Å². The van der Waals surface area contributed by atoms with Gasteiger partial charge in [0, 0.05) is 5.69 Å². The van der Waals surface area contributed by atoms with Crippen LogP contribution in [0.3, 0.4) is 0 Å². The number of carboxylic acids is 1. The lowest BCUT2D eigenvalue weighted by atomic mass is 10.1. The van der Waals surface area contributed by atoms with Crippen molar-refractivity contribution in [2.75, 3.05) is 5.32 Å². The molecule has 2 rings (SSSR count). The van der Waals surface area contributed by atoms with Gasteiger partial charge in [-0.15, -0.1) is 0 Å². The Kier molecular flexibility index (Phi) is 6.12. The lowest BCUT2D eigenvalue weighted by molar-refractivity contribution is -0.144. The van der Waals surface area contributed by atoms with Crippen molar-refractivity contribution in [3.8, 4) is 11.8 Å². The van der Waals surface area contributed by atoms with Gasteiger partial charge in [0.25, 0.3) is 5.91 Å². The van der Waals surface area contributed by atoms with E-state index in [0.717, 1.165) is 5.56 Å². The minimum Gasteiger partial charge on any atom is -0.479 e. The summed E-state index contributed by atoms with van der Waals surface area (Å²) < 4.78 is 5.23. The van der Waals surface area contributed by atoms with E-state index >= 15 is 0 Å². The molecule has 1 atom stereocenters.